The van der Waals surface area contributed by atoms with Crippen LogP contribution >= 0.6 is 30.1 Å². The quantitative estimate of drug-likeness (QED) is 0.382. The fourth-order valence-electron chi connectivity index (χ4n) is 3.10. The van der Waals surface area contributed by atoms with Gasteiger partial charge in [0.2, 0.25) is 5.95 Å². The Morgan fingerprint density at radius 1 is 1.03 bits per heavy atom. The molecule has 4 rings (SSSR count). The molecule has 0 amide bonds. The van der Waals surface area contributed by atoms with Crippen LogP contribution < -0.4 is 15.5 Å². The summed E-state index contributed by atoms with van der Waals surface area (Å²) >= 11 is 2.12. The summed E-state index contributed by atoms with van der Waals surface area (Å²) in [7, 11) is 5.17. The van der Waals surface area contributed by atoms with Crippen molar-refractivity contribution in [3.8, 4) is 11.2 Å². The lowest BCUT2D eigenvalue weighted by Gasteiger charge is -2.18. The van der Waals surface area contributed by atoms with E-state index < -0.39 is 0 Å². The first kappa shape index (κ1) is 21.5. The van der Waals surface area contributed by atoms with Crippen LogP contribution in [0.1, 0.15) is 18.4 Å². The number of nitrogens with one attached hydrogen (secondary N) is 2. The summed E-state index contributed by atoms with van der Waals surface area (Å²) in [5.41, 5.74) is 1.98. The van der Waals surface area contributed by atoms with Crippen LogP contribution in [0, 0.1) is 11.2 Å². The molecule has 0 unspecified atom stereocenters. The molecule has 29 heavy (non-hydrogen) atoms. The van der Waals surface area contributed by atoms with Crippen LogP contribution in [0.2, 0.25) is 0 Å². The second-order valence-corrected chi connectivity index (χ2v) is 8.04. The maximum Gasteiger partial charge on any atom is 0.222 e. The molecule has 1 aliphatic heterocycles. The van der Waals surface area contributed by atoms with Gasteiger partial charge in [0.05, 0.1) is 5.56 Å². The number of halogens is 1. The average Bonchev–Trinajstić information content (AvgIpc) is 3.32. The van der Waals surface area contributed by atoms with Gasteiger partial charge in [0, 0.05) is 78.1 Å². The van der Waals surface area contributed by atoms with Crippen LogP contribution in [-0.4, -0.2) is 42.1 Å². The maximum atomic E-state index is 4.55. The number of fused-ring (bicyclic) bond motifs is 1. The molecule has 150 valence electrons. The summed E-state index contributed by atoms with van der Waals surface area (Å²) in [6.45, 7) is 2.28. The van der Waals surface area contributed by atoms with Crippen molar-refractivity contribution < 1.29 is 0 Å². The first-order valence-corrected chi connectivity index (χ1v) is 12.7. The van der Waals surface area contributed by atoms with Gasteiger partial charge in [-0.2, -0.15) is 0 Å². The van der Waals surface area contributed by atoms with Gasteiger partial charge in [-0.1, -0.05) is 5.92 Å². The van der Waals surface area contributed by atoms with Crippen LogP contribution in [0.4, 0.5) is 17.5 Å². The summed E-state index contributed by atoms with van der Waals surface area (Å²) < 4.78 is 0. The number of hydrogen-bond acceptors (Lipinski definition) is 7. The topological polar surface area (TPSA) is 66.0 Å². The van der Waals surface area contributed by atoms with Crippen LogP contribution in [0.15, 0.2) is 42.9 Å². The highest BCUT2D eigenvalue weighted by Gasteiger charge is 2.15. The van der Waals surface area contributed by atoms with Crippen molar-refractivity contribution in [2.45, 2.75) is 12.8 Å². The van der Waals surface area contributed by atoms with Gasteiger partial charge in [-0.05, 0) is 56.7 Å². The van der Waals surface area contributed by atoms with E-state index in [9.17, 15) is 0 Å². The van der Waals surface area contributed by atoms with Crippen molar-refractivity contribution in [2.24, 2.45) is 0 Å². The highest BCUT2D eigenvalue weighted by molar-refractivity contribution is 14.2. The first-order chi connectivity index (χ1) is 14.2. The SMILES string of the molecule is CNc1ccc2c(N3CCCC3)nccc2c1.CNc1ncc(C#CSI)cn1. The summed E-state index contributed by atoms with van der Waals surface area (Å²) in [4.78, 5) is 15.0. The molecule has 0 spiro atoms. The van der Waals surface area contributed by atoms with Gasteiger partial charge in [-0.3, -0.25) is 0 Å². The lowest BCUT2D eigenvalue weighted by atomic mass is 10.1. The van der Waals surface area contributed by atoms with Crippen molar-refractivity contribution in [3.05, 3.63) is 48.4 Å². The molecule has 1 aliphatic rings. The summed E-state index contributed by atoms with van der Waals surface area (Å²) in [5, 5.41) is 11.4. The van der Waals surface area contributed by atoms with Gasteiger partial charge >= 0.3 is 0 Å². The number of anilines is 3. The normalized spacial score (nSPS) is 12.6. The van der Waals surface area contributed by atoms with E-state index in [-0.39, 0.29) is 0 Å². The van der Waals surface area contributed by atoms with Crippen molar-refractivity contribution in [2.75, 3.05) is 42.7 Å². The minimum Gasteiger partial charge on any atom is -0.388 e. The van der Waals surface area contributed by atoms with Crippen LogP contribution in [-0.2, 0) is 0 Å². The summed E-state index contributed by atoms with van der Waals surface area (Å²) in [6.07, 6.45) is 7.87. The van der Waals surface area contributed by atoms with E-state index in [0.717, 1.165) is 30.2 Å². The van der Waals surface area contributed by atoms with Gasteiger partial charge in [0.25, 0.3) is 0 Å². The summed E-state index contributed by atoms with van der Waals surface area (Å²) in [6, 6.07) is 8.54. The molecule has 1 fully saturated rings. The van der Waals surface area contributed by atoms with Gasteiger partial charge in [-0.15, -0.1) is 0 Å². The molecule has 3 heterocycles. The van der Waals surface area contributed by atoms with Gasteiger partial charge in [-0.25, -0.2) is 15.0 Å². The minimum absolute atomic E-state index is 0.614. The molecule has 0 atom stereocenters. The van der Waals surface area contributed by atoms with Crippen LogP contribution in [0.25, 0.3) is 10.8 Å². The molecule has 0 bridgehead atoms. The van der Waals surface area contributed by atoms with Crippen LogP contribution in [0.5, 0.6) is 0 Å². The van der Waals surface area contributed by atoms with E-state index in [4.69, 9.17) is 0 Å². The Labute approximate surface area is 187 Å². The Bertz CT molecular complexity index is 993. The van der Waals surface area contributed by atoms with E-state index in [1.807, 2.05) is 13.2 Å². The third-order valence-electron chi connectivity index (χ3n) is 4.55. The lowest BCUT2D eigenvalue weighted by Crippen LogP contribution is -2.19. The standard InChI is InChI=1S/C14H17N3.C7H6IN3S/c1-15-12-4-5-13-11(10-12)6-7-16-14(13)17-8-2-3-9-17;1-9-7-10-4-6(5-11-7)2-3-12-8/h4-7,10,15H,2-3,8-9H2,1H3;4-5H,1H3,(H,9,10,11). The largest absolute Gasteiger partial charge is 0.388 e. The zero-order valence-electron chi connectivity index (χ0n) is 16.4. The van der Waals surface area contributed by atoms with Crippen molar-refractivity contribution in [1.29, 1.82) is 0 Å². The van der Waals surface area contributed by atoms with Crippen LogP contribution in [0.3, 0.4) is 0 Å². The molecule has 3 aromatic rings. The van der Waals surface area contributed by atoms with Gasteiger partial charge < -0.3 is 15.5 Å². The van der Waals surface area contributed by atoms with E-state index in [1.165, 1.54) is 32.5 Å². The Morgan fingerprint density at radius 3 is 2.45 bits per heavy atom. The van der Waals surface area contributed by atoms with Crippen molar-refractivity contribution in [1.82, 2.24) is 15.0 Å². The molecule has 0 aliphatic carbocycles. The van der Waals surface area contributed by atoms with E-state index in [1.54, 1.807) is 19.4 Å². The van der Waals surface area contributed by atoms with Crippen molar-refractivity contribution in [3.63, 3.8) is 0 Å². The fourth-order valence-corrected chi connectivity index (χ4v) is 3.59. The molecule has 0 radical (unpaired) electrons. The van der Waals surface area contributed by atoms with E-state index >= 15 is 0 Å². The van der Waals surface area contributed by atoms with E-state index in [2.05, 4.69) is 87.1 Å². The zero-order chi connectivity index (χ0) is 20.5. The molecular weight excluding hydrogens is 495 g/mol. The second kappa shape index (κ2) is 11.1. The number of aromatic nitrogens is 3. The first-order valence-electron chi connectivity index (χ1n) is 9.35. The minimum atomic E-state index is 0.614. The Hall–Kier alpha value is -2.25. The third kappa shape index (κ3) is 5.87. The Balaban J connectivity index is 0.000000177. The zero-order valence-corrected chi connectivity index (χ0v) is 19.4. The lowest BCUT2D eigenvalue weighted by molar-refractivity contribution is 0.946. The predicted octanol–water partition coefficient (Wildman–Crippen LogP) is 4.79. The molecule has 1 saturated heterocycles. The molecule has 6 nitrogen and oxygen atoms in total. The maximum absolute atomic E-state index is 4.55. The molecule has 1 aromatic carbocycles. The van der Waals surface area contributed by atoms with Gasteiger partial charge in [0.15, 0.2) is 0 Å². The highest BCUT2D eigenvalue weighted by Crippen LogP contribution is 2.28. The Kier molecular flexibility index (Phi) is 8.19. The van der Waals surface area contributed by atoms with E-state index in [0.29, 0.717) is 5.95 Å². The molecule has 2 aromatic heterocycles. The monoisotopic (exact) mass is 518 g/mol. The smallest absolute Gasteiger partial charge is 0.222 e. The molecule has 0 saturated carbocycles. The second-order valence-electron chi connectivity index (χ2n) is 6.36. The predicted molar refractivity (Wildman–Crippen MR) is 133 cm³/mol. The number of nitrogens with zero attached hydrogens (tertiary/aromatic N) is 4. The number of rotatable bonds is 3. The fraction of sp³-hybridized carbons (Fsp3) is 0.286. The van der Waals surface area contributed by atoms with Gasteiger partial charge in [0.1, 0.15) is 5.82 Å². The summed E-state index contributed by atoms with van der Waals surface area (Å²) in [5.74, 6) is 4.65. The highest BCUT2D eigenvalue weighted by atomic mass is 127. The Morgan fingerprint density at radius 2 is 1.79 bits per heavy atom. The number of hydrogen-bond donors (Lipinski definition) is 2. The van der Waals surface area contributed by atoms with Crippen molar-refractivity contribution >= 4 is 58.4 Å². The molecule has 8 heteroatoms. The number of pyridine rings is 1. The molecular formula is C21H23IN6S. The third-order valence-corrected chi connectivity index (χ3v) is 5.39. The number of benzene rings is 1. The molecule has 2 N–H and O–H groups in total. The average molecular weight is 518 g/mol.